The topological polar surface area (TPSA) is 78.9 Å². The number of allylic oxidation sites excluding steroid dienone is 6. The zero-order chi connectivity index (χ0) is 45.8. The summed E-state index contributed by atoms with van der Waals surface area (Å²) in [5.41, 5.74) is 0. The number of hydrogen-bond donors (Lipinski definition) is 0. The highest BCUT2D eigenvalue weighted by Crippen LogP contribution is 2.16. The number of carbonyl (C=O) groups excluding carboxylic acids is 3. The molecule has 0 fully saturated rings. The summed E-state index contributed by atoms with van der Waals surface area (Å²) in [6.45, 7) is 6.54. The van der Waals surface area contributed by atoms with E-state index in [1.165, 1.54) is 161 Å². The van der Waals surface area contributed by atoms with E-state index < -0.39 is 6.10 Å². The number of unbranched alkanes of at least 4 members (excludes halogenated alkanes) is 33. The van der Waals surface area contributed by atoms with Gasteiger partial charge in [-0.15, -0.1) is 0 Å². The van der Waals surface area contributed by atoms with Crippen LogP contribution in [0.3, 0.4) is 0 Å². The van der Waals surface area contributed by atoms with Gasteiger partial charge < -0.3 is 14.2 Å². The summed E-state index contributed by atoms with van der Waals surface area (Å²) in [5.74, 6) is -0.886. The van der Waals surface area contributed by atoms with E-state index in [1.54, 1.807) is 0 Å². The van der Waals surface area contributed by atoms with E-state index in [0.29, 0.717) is 19.3 Å². The van der Waals surface area contributed by atoms with Gasteiger partial charge in [0.1, 0.15) is 13.2 Å². The third kappa shape index (κ3) is 50.5. The Bertz CT molecular complexity index is 1060. The van der Waals surface area contributed by atoms with Gasteiger partial charge in [0.25, 0.3) is 0 Å². The fraction of sp³-hybridized carbons (Fsp3) is 0.842. The van der Waals surface area contributed by atoms with Crippen molar-refractivity contribution in [2.45, 2.75) is 297 Å². The maximum absolute atomic E-state index is 12.8. The van der Waals surface area contributed by atoms with Crippen LogP contribution in [0.25, 0.3) is 0 Å². The third-order valence-electron chi connectivity index (χ3n) is 12.1. The SMILES string of the molecule is CC/C=C\C/C=C\CCCCCCCC(=O)OCC(COC(=O)CCCCCCC/C=C\CCCCCCCCCCC)OC(=O)CCCCCCCCCCCCCCCCC. The molecule has 0 saturated carbocycles. The second-order valence-electron chi connectivity index (χ2n) is 18.5. The van der Waals surface area contributed by atoms with Gasteiger partial charge in [-0.3, -0.25) is 14.4 Å². The van der Waals surface area contributed by atoms with E-state index in [0.717, 1.165) is 89.9 Å². The van der Waals surface area contributed by atoms with Gasteiger partial charge in [-0.05, 0) is 70.6 Å². The van der Waals surface area contributed by atoms with E-state index >= 15 is 0 Å². The Balaban J connectivity index is 4.34. The van der Waals surface area contributed by atoms with Crippen LogP contribution in [0.2, 0.25) is 0 Å². The molecule has 0 saturated heterocycles. The fourth-order valence-electron chi connectivity index (χ4n) is 8.01. The van der Waals surface area contributed by atoms with Crippen molar-refractivity contribution in [2.24, 2.45) is 0 Å². The van der Waals surface area contributed by atoms with Crippen molar-refractivity contribution >= 4 is 17.9 Å². The van der Waals surface area contributed by atoms with Crippen LogP contribution in [0.1, 0.15) is 290 Å². The van der Waals surface area contributed by atoms with Crippen LogP contribution in [0.4, 0.5) is 0 Å². The van der Waals surface area contributed by atoms with Gasteiger partial charge in [0.2, 0.25) is 0 Å². The number of hydrogen-bond acceptors (Lipinski definition) is 6. The third-order valence-corrected chi connectivity index (χ3v) is 12.1. The first-order valence-corrected chi connectivity index (χ1v) is 27.5. The Kier molecular flexibility index (Phi) is 50.3. The van der Waals surface area contributed by atoms with Crippen molar-refractivity contribution in [3.8, 4) is 0 Å². The van der Waals surface area contributed by atoms with Crippen LogP contribution in [0.15, 0.2) is 36.5 Å². The highest BCUT2D eigenvalue weighted by atomic mass is 16.6. The second kappa shape index (κ2) is 52.3. The molecule has 63 heavy (non-hydrogen) atoms. The summed E-state index contributed by atoms with van der Waals surface area (Å²) in [5, 5.41) is 0. The van der Waals surface area contributed by atoms with Crippen LogP contribution in [-0.4, -0.2) is 37.2 Å². The lowest BCUT2D eigenvalue weighted by Gasteiger charge is -2.18. The molecule has 0 N–H and O–H groups in total. The molecular formula is C57H104O6. The minimum atomic E-state index is -0.777. The lowest BCUT2D eigenvalue weighted by Crippen LogP contribution is -2.30. The van der Waals surface area contributed by atoms with Crippen molar-refractivity contribution in [3.05, 3.63) is 36.5 Å². The largest absolute Gasteiger partial charge is 0.462 e. The van der Waals surface area contributed by atoms with Gasteiger partial charge >= 0.3 is 17.9 Å². The van der Waals surface area contributed by atoms with Gasteiger partial charge in [0.05, 0.1) is 0 Å². The molecule has 6 heteroatoms. The zero-order valence-corrected chi connectivity index (χ0v) is 42.1. The first-order valence-electron chi connectivity index (χ1n) is 27.5. The quantitative estimate of drug-likeness (QED) is 0.0262. The molecule has 6 nitrogen and oxygen atoms in total. The summed E-state index contributed by atoms with van der Waals surface area (Å²) < 4.78 is 16.8. The van der Waals surface area contributed by atoms with Crippen LogP contribution < -0.4 is 0 Å². The average Bonchev–Trinajstić information content (AvgIpc) is 3.28. The molecule has 0 aromatic rings. The minimum Gasteiger partial charge on any atom is -0.462 e. The van der Waals surface area contributed by atoms with Crippen molar-refractivity contribution < 1.29 is 28.6 Å². The molecule has 1 atom stereocenters. The highest BCUT2D eigenvalue weighted by molar-refractivity contribution is 5.71. The van der Waals surface area contributed by atoms with Gasteiger partial charge in [-0.25, -0.2) is 0 Å². The summed E-state index contributed by atoms with van der Waals surface area (Å²) in [7, 11) is 0. The average molecular weight is 885 g/mol. The van der Waals surface area contributed by atoms with Gasteiger partial charge in [0.15, 0.2) is 6.10 Å². The Morgan fingerprint density at radius 2 is 0.619 bits per heavy atom. The molecule has 0 aliphatic carbocycles. The predicted octanol–water partition coefficient (Wildman–Crippen LogP) is 18.1. The van der Waals surface area contributed by atoms with Gasteiger partial charge in [0, 0.05) is 19.3 Å². The Morgan fingerprint density at radius 3 is 0.968 bits per heavy atom. The standard InChI is InChI=1S/C57H104O6/c1-4-7-10-13-16-19-22-25-27-28-29-31-32-35-38-41-44-47-50-56(59)62-53-54(52-61-55(58)49-46-43-40-37-34-24-21-18-15-12-9-6-3)63-57(60)51-48-45-42-39-36-33-30-26-23-20-17-14-11-8-5-2/h9,12,18,21,29,31,54H,4-8,10-11,13-17,19-20,22-28,30,32-53H2,1-3H3/b12-9-,21-18-,31-29-. The summed E-state index contributed by atoms with van der Waals surface area (Å²) in [6.07, 6.45) is 61.3. The molecule has 0 aliphatic heterocycles. The molecule has 0 heterocycles. The predicted molar refractivity (Wildman–Crippen MR) is 270 cm³/mol. The summed E-state index contributed by atoms with van der Waals surface area (Å²) >= 11 is 0. The molecule has 0 spiro atoms. The van der Waals surface area contributed by atoms with E-state index in [1.807, 2.05) is 0 Å². The van der Waals surface area contributed by atoms with Crippen LogP contribution in [0, 0.1) is 0 Å². The van der Waals surface area contributed by atoms with Crippen LogP contribution in [-0.2, 0) is 28.6 Å². The van der Waals surface area contributed by atoms with E-state index in [4.69, 9.17) is 14.2 Å². The fourth-order valence-corrected chi connectivity index (χ4v) is 8.01. The van der Waals surface area contributed by atoms with Crippen molar-refractivity contribution in [1.82, 2.24) is 0 Å². The summed E-state index contributed by atoms with van der Waals surface area (Å²) in [4.78, 5) is 38.0. The lowest BCUT2D eigenvalue weighted by molar-refractivity contribution is -0.167. The zero-order valence-electron chi connectivity index (χ0n) is 42.1. The molecule has 0 radical (unpaired) electrons. The maximum atomic E-state index is 12.8. The van der Waals surface area contributed by atoms with Crippen molar-refractivity contribution in [1.29, 1.82) is 0 Å². The first-order chi connectivity index (χ1) is 31.0. The number of ether oxygens (including phenoxy) is 3. The van der Waals surface area contributed by atoms with E-state index in [-0.39, 0.29) is 31.1 Å². The van der Waals surface area contributed by atoms with Gasteiger partial charge in [-0.2, -0.15) is 0 Å². The maximum Gasteiger partial charge on any atom is 0.306 e. The minimum absolute atomic E-state index is 0.0779. The number of esters is 3. The monoisotopic (exact) mass is 885 g/mol. The Hall–Kier alpha value is -2.37. The van der Waals surface area contributed by atoms with Gasteiger partial charge in [-0.1, -0.05) is 237 Å². The highest BCUT2D eigenvalue weighted by Gasteiger charge is 2.19. The molecule has 0 aliphatic rings. The molecule has 1 unspecified atom stereocenters. The smallest absolute Gasteiger partial charge is 0.306 e. The first kappa shape index (κ1) is 60.6. The van der Waals surface area contributed by atoms with Crippen molar-refractivity contribution in [3.63, 3.8) is 0 Å². The van der Waals surface area contributed by atoms with Crippen molar-refractivity contribution in [2.75, 3.05) is 13.2 Å². The Labute approximate surface area is 391 Å². The molecule has 0 rings (SSSR count). The molecule has 0 aromatic carbocycles. The lowest BCUT2D eigenvalue weighted by atomic mass is 10.0. The van der Waals surface area contributed by atoms with E-state index in [9.17, 15) is 14.4 Å². The normalized spacial score (nSPS) is 12.2. The number of carbonyl (C=O) groups is 3. The molecule has 0 bridgehead atoms. The van der Waals surface area contributed by atoms with Crippen LogP contribution in [0.5, 0.6) is 0 Å². The van der Waals surface area contributed by atoms with E-state index in [2.05, 4.69) is 57.2 Å². The Morgan fingerprint density at radius 1 is 0.333 bits per heavy atom. The number of rotatable bonds is 50. The molecular weight excluding hydrogens is 781 g/mol. The second-order valence-corrected chi connectivity index (χ2v) is 18.5. The van der Waals surface area contributed by atoms with Crippen LogP contribution >= 0.6 is 0 Å². The molecule has 0 amide bonds. The summed E-state index contributed by atoms with van der Waals surface area (Å²) in [6, 6.07) is 0. The molecule has 0 aromatic heterocycles. The molecule has 368 valence electrons.